The van der Waals surface area contributed by atoms with Crippen molar-refractivity contribution < 1.29 is 17.9 Å². The van der Waals surface area contributed by atoms with Gasteiger partial charge in [0.15, 0.2) is 0 Å². The van der Waals surface area contributed by atoms with Crippen LogP contribution in [0.5, 0.6) is 5.75 Å². The van der Waals surface area contributed by atoms with E-state index in [0.29, 0.717) is 17.2 Å². The maximum Gasteiger partial charge on any atom is 0.303 e. The van der Waals surface area contributed by atoms with Gasteiger partial charge in [-0.2, -0.15) is 12.7 Å². The molecule has 1 atom stereocenters. The smallest absolute Gasteiger partial charge is 0.303 e. The van der Waals surface area contributed by atoms with E-state index in [4.69, 9.17) is 4.74 Å². The summed E-state index contributed by atoms with van der Waals surface area (Å²) in [6.45, 7) is 4.22. The van der Waals surface area contributed by atoms with Crippen molar-refractivity contribution in [3.05, 3.63) is 59.7 Å². The van der Waals surface area contributed by atoms with Gasteiger partial charge in [0.05, 0.1) is 18.8 Å². The third-order valence-electron chi connectivity index (χ3n) is 4.83. The number of hydrogen-bond acceptors (Lipinski definition) is 4. The molecule has 0 unspecified atom stereocenters. The van der Waals surface area contributed by atoms with Crippen LogP contribution in [0.3, 0.4) is 0 Å². The summed E-state index contributed by atoms with van der Waals surface area (Å²) in [5.74, 6) is 0.951. The molecule has 0 saturated heterocycles. The molecule has 0 heterocycles. The first-order chi connectivity index (χ1) is 14.1. The Morgan fingerprint density at radius 2 is 1.57 bits per heavy atom. The van der Waals surface area contributed by atoms with Crippen LogP contribution < -0.4 is 14.4 Å². The predicted molar refractivity (Wildman–Crippen MR) is 120 cm³/mol. The average Bonchev–Trinajstić information content (AvgIpc) is 2.72. The Hall–Kier alpha value is -2.58. The third-order valence-corrected chi connectivity index (χ3v) is 6.66. The molecule has 2 aromatic carbocycles. The van der Waals surface area contributed by atoms with Crippen LogP contribution in [0, 0.1) is 5.92 Å². The Labute approximate surface area is 179 Å². The first kappa shape index (κ1) is 23.7. The highest BCUT2D eigenvalue weighted by Gasteiger charge is 2.22. The number of carbonyl (C=O) groups excluding carboxylic acids is 1. The lowest BCUT2D eigenvalue weighted by molar-refractivity contribution is 0.0932. The minimum atomic E-state index is -3.58. The normalized spacial score (nSPS) is 12.7. The maximum absolute atomic E-state index is 12.8. The van der Waals surface area contributed by atoms with Gasteiger partial charge in [0.2, 0.25) is 0 Å². The molecule has 164 valence electrons. The number of carbonyl (C=O) groups is 1. The van der Waals surface area contributed by atoms with Crippen molar-refractivity contribution in [3.8, 4) is 5.75 Å². The van der Waals surface area contributed by atoms with Gasteiger partial charge < -0.3 is 10.1 Å². The predicted octanol–water partition coefficient (Wildman–Crippen LogP) is 3.46. The van der Waals surface area contributed by atoms with Crippen LogP contribution in [-0.4, -0.2) is 46.9 Å². The van der Waals surface area contributed by atoms with E-state index in [2.05, 4.69) is 19.2 Å². The van der Waals surface area contributed by atoms with Crippen molar-refractivity contribution in [2.75, 3.05) is 32.6 Å². The summed E-state index contributed by atoms with van der Waals surface area (Å²) in [4.78, 5) is 12.8. The zero-order valence-corrected chi connectivity index (χ0v) is 19.2. The van der Waals surface area contributed by atoms with E-state index in [9.17, 15) is 13.2 Å². The number of hydrogen-bond donors (Lipinski definition) is 1. The zero-order chi connectivity index (χ0) is 22.5. The molecule has 1 N–H and O–H groups in total. The van der Waals surface area contributed by atoms with Crippen LogP contribution in [0.2, 0.25) is 0 Å². The van der Waals surface area contributed by atoms with Crippen LogP contribution >= 0.6 is 0 Å². The van der Waals surface area contributed by atoms with Gasteiger partial charge in [-0.25, -0.2) is 0 Å². The summed E-state index contributed by atoms with van der Waals surface area (Å²) in [5, 5.41) is 3.10. The summed E-state index contributed by atoms with van der Waals surface area (Å²) < 4.78 is 32.1. The zero-order valence-electron chi connectivity index (χ0n) is 18.4. The number of nitrogens with one attached hydrogen (secondary N) is 1. The summed E-state index contributed by atoms with van der Waals surface area (Å²) in [6, 6.07) is 14.0. The van der Waals surface area contributed by atoms with Crippen LogP contribution in [0.4, 0.5) is 5.69 Å². The lowest BCUT2D eigenvalue weighted by atomic mass is 9.96. The molecule has 0 spiro atoms. The molecule has 0 aromatic heterocycles. The largest absolute Gasteiger partial charge is 0.497 e. The molecular weight excluding hydrogens is 402 g/mol. The van der Waals surface area contributed by atoms with Crippen LogP contribution in [0.25, 0.3) is 0 Å². The van der Waals surface area contributed by atoms with Gasteiger partial charge in [0.1, 0.15) is 5.75 Å². The van der Waals surface area contributed by atoms with E-state index in [1.165, 1.54) is 25.4 Å². The van der Waals surface area contributed by atoms with E-state index in [-0.39, 0.29) is 11.9 Å². The summed E-state index contributed by atoms with van der Waals surface area (Å²) in [5.41, 5.74) is 1.96. The summed E-state index contributed by atoms with van der Waals surface area (Å²) in [7, 11) is 2.46. The molecule has 0 fully saturated rings. The summed E-state index contributed by atoms with van der Waals surface area (Å²) >= 11 is 0. The second-order valence-corrected chi connectivity index (χ2v) is 9.91. The highest BCUT2D eigenvalue weighted by Crippen LogP contribution is 2.25. The topological polar surface area (TPSA) is 79.0 Å². The van der Waals surface area contributed by atoms with E-state index < -0.39 is 10.2 Å². The number of rotatable bonds is 9. The summed E-state index contributed by atoms with van der Waals surface area (Å²) in [6.07, 6.45) is 0.792. The fraction of sp³-hybridized carbons (Fsp3) is 0.409. The molecule has 0 aliphatic heterocycles. The Balaban J connectivity index is 2.19. The van der Waals surface area contributed by atoms with E-state index in [1.807, 2.05) is 24.3 Å². The molecular formula is C22H31N3O4S. The average molecular weight is 434 g/mol. The monoisotopic (exact) mass is 433 g/mol. The fourth-order valence-corrected chi connectivity index (χ4v) is 3.91. The van der Waals surface area contributed by atoms with Gasteiger partial charge in [0.25, 0.3) is 5.91 Å². The second-order valence-electron chi connectivity index (χ2n) is 7.73. The second kappa shape index (κ2) is 9.95. The van der Waals surface area contributed by atoms with E-state index >= 15 is 0 Å². The lowest BCUT2D eigenvalue weighted by Crippen LogP contribution is -2.37. The first-order valence-electron chi connectivity index (χ1n) is 9.77. The molecule has 0 bridgehead atoms. The quantitative estimate of drug-likeness (QED) is 0.657. The molecule has 0 aliphatic rings. The van der Waals surface area contributed by atoms with Crippen molar-refractivity contribution in [3.63, 3.8) is 0 Å². The maximum atomic E-state index is 12.8. The standard InChI is InChI=1S/C22H31N3O4S/c1-16(2)15-21(17-9-13-20(29-6)14-10-17)23-22(26)18-7-11-19(12-8-18)25(5)30(27,28)24(3)4/h7-14,16,21H,15H2,1-6H3,(H,23,26)/t21-/m1/s1. The number of nitrogens with zero attached hydrogens (tertiary/aromatic N) is 2. The minimum absolute atomic E-state index is 0.139. The molecule has 30 heavy (non-hydrogen) atoms. The van der Waals surface area contributed by atoms with E-state index in [1.54, 1.807) is 31.4 Å². The molecule has 0 radical (unpaired) electrons. The highest BCUT2D eigenvalue weighted by atomic mass is 32.2. The van der Waals surface area contributed by atoms with Gasteiger partial charge in [-0.3, -0.25) is 9.10 Å². The Bertz CT molecular complexity index is 939. The Morgan fingerprint density at radius 1 is 1.00 bits per heavy atom. The van der Waals surface area contributed by atoms with Gasteiger partial charge in [-0.05, 0) is 54.3 Å². The number of ether oxygens (including phenoxy) is 1. The molecule has 2 rings (SSSR count). The molecule has 8 heteroatoms. The molecule has 0 saturated carbocycles. The van der Waals surface area contributed by atoms with Crippen LogP contribution in [0.1, 0.15) is 42.2 Å². The Morgan fingerprint density at radius 3 is 2.03 bits per heavy atom. The lowest BCUT2D eigenvalue weighted by Gasteiger charge is -2.24. The minimum Gasteiger partial charge on any atom is -0.497 e. The third kappa shape index (κ3) is 5.73. The molecule has 0 aliphatic carbocycles. The van der Waals surface area contributed by atoms with E-state index in [0.717, 1.165) is 22.0 Å². The van der Waals surface area contributed by atoms with Crippen LogP contribution in [-0.2, 0) is 10.2 Å². The molecule has 2 aromatic rings. The first-order valence-corrected chi connectivity index (χ1v) is 11.2. The van der Waals surface area contributed by atoms with Crippen molar-refractivity contribution in [1.29, 1.82) is 0 Å². The SMILES string of the molecule is COc1ccc([C@@H](CC(C)C)NC(=O)c2ccc(N(C)S(=O)(=O)N(C)C)cc2)cc1. The van der Waals surface area contributed by atoms with Crippen molar-refractivity contribution in [1.82, 2.24) is 9.62 Å². The fourth-order valence-electron chi connectivity index (χ4n) is 3.03. The number of benzene rings is 2. The van der Waals surface area contributed by atoms with Crippen molar-refractivity contribution in [2.24, 2.45) is 5.92 Å². The van der Waals surface area contributed by atoms with Gasteiger partial charge in [-0.15, -0.1) is 0 Å². The van der Waals surface area contributed by atoms with Crippen molar-refractivity contribution >= 4 is 21.8 Å². The molecule has 7 nitrogen and oxygen atoms in total. The number of methoxy groups -OCH3 is 1. The highest BCUT2D eigenvalue weighted by molar-refractivity contribution is 7.90. The number of anilines is 1. The van der Waals surface area contributed by atoms with Crippen molar-refractivity contribution in [2.45, 2.75) is 26.3 Å². The van der Waals surface area contributed by atoms with Gasteiger partial charge in [-0.1, -0.05) is 26.0 Å². The van der Waals surface area contributed by atoms with Gasteiger partial charge >= 0.3 is 10.2 Å². The molecule has 1 amide bonds. The van der Waals surface area contributed by atoms with Crippen LogP contribution in [0.15, 0.2) is 48.5 Å². The van der Waals surface area contributed by atoms with Gasteiger partial charge in [0, 0.05) is 26.7 Å². The number of amides is 1. The Kier molecular flexibility index (Phi) is 7.86.